The summed E-state index contributed by atoms with van der Waals surface area (Å²) >= 11 is 0. The van der Waals surface area contributed by atoms with Gasteiger partial charge in [-0.15, -0.1) is 0 Å². The minimum Gasteiger partial charge on any atom is -0.352 e. The summed E-state index contributed by atoms with van der Waals surface area (Å²) in [7, 11) is 2.32. The Kier molecular flexibility index (Phi) is 4.85. The number of hydrogen-bond acceptors (Lipinski definition) is 4. The van der Waals surface area contributed by atoms with Gasteiger partial charge in [-0.25, -0.2) is 13.1 Å². The molecule has 0 radical (unpaired) electrons. The summed E-state index contributed by atoms with van der Waals surface area (Å²) in [5, 5.41) is 3.03. The van der Waals surface area contributed by atoms with E-state index in [-0.39, 0.29) is 0 Å². The molecule has 0 amide bonds. The SMILES string of the molecule is CNCc1cc(S(=O)(=O)NCC2CCCN2C)cn1C. The molecule has 20 heavy (non-hydrogen) atoms. The maximum absolute atomic E-state index is 12.3. The molecule has 0 spiro atoms. The van der Waals surface area contributed by atoms with Crippen LogP contribution in [0, 0.1) is 0 Å². The molecule has 0 aliphatic carbocycles. The molecule has 2 rings (SSSR count). The van der Waals surface area contributed by atoms with Crippen LogP contribution in [0.25, 0.3) is 0 Å². The molecule has 2 heterocycles. The number of aryl methyl sites for hydroxylation is 1. The molecule has 1 aromatic heterocycles. The predicted molar refractivity (Wildman–Crippen MR) is 79.0 cm³/mol. The molecule has 1 aliphatic heterocycles. The molecule has 0 saturated carbocycles. The van der Waals surface area contributed by atoms with Crippen molar-refractivity contribution in [3.63, 3.8) is 0 Å². The molecular formula is C13H24N4O2S. The van der Waals surface area contributed by atoms with Crippen LogP contribution in [0.15, 0.2) is 17.2 Å². The van der Waals surface area contributed by atoms with Gasteiger partial charge in [0.25, 0.3) is 0 Å². The zero-order chi connectivity index (χ0) is 14.8. The highest BCUT2D eigenvalue weighted by Crippen LogP contribution is 2.16. The first kappa shape index (κ1) is 15.5. The van der Waals surface area contributed by atoms with Crippen molar-refractivity contribution < 1.29 is 8.42 Å². The lowest BCUT2D eigenvalue weighted by molar-refractivity contribution is 0.311. The first-order chi connectivity index (χ1) is 9.44. The Morgan fingerprint density at radius 3 is 2.75 bits per heavy atom. The molecule has 0 bridgehead atoms. The van der Waals surface area contributed by atoms with Crippen LogP contribution in [-0.2, 0) is 23.6 Å². The molecular weight excluding hydrogens is 276 g/mol. The lowest BCUT2D eigenvalue weighted by Crippen LogP contribution is -2.38. The van der Waals surface area contributed by atoms with Gasteiger partial charge in [0.05, 0.1) is 4.90 Å². The topological polar surface area (TPSA) is 66.4 Å². The van der Waals surface area contributed by atoms with Crippen LogP contribution in [-0.4, -0.2) is 51.1 Å². The second kappa shape index (κ2) is 6.26. The smallest absolute Gasteiger partial charge is 0.242 e. The summed E-state index contributed by atoms with van der Waals surface area (Å²) in [6.45, 7) is 2.18. The highest BCUT2D eigenvalue weighted by Gasteiger charge is 2.24. The maximum atomic E-state index is 12.3. The Morgan fingerprint density at radius 2 is 2.15 bits per heavy atom. The van der Waals surface area contributed by atoms with Crippen molar-refractivity contribution in [3.05, 3.63) is 18.0 Å². The van der Waals surface area contributed by atoms with Gasteiger partial charge >= 0.3 is 0 Å². The summed E-state index contributed by atoms with van der Waals surface area (Å²) in [5.41, 5.74) is 0.950. The number of likely N-dealkylation sites (N-methyl/N-ethyl adjacent to an activating group) is 1. The van der Waals surface area contributed by atoms with Gasteiger partial charge in [0.15, 0.2) is 0 Å². The average molecular weight is 300 g/mol. The van der Waals surface area contributed by atoms with E-state index in [2.05, 4.69) is 14.9 Å². The van der Waals surface area contributed by atoms with Crippen LogP contribution < -0.4 is 10.0 Å². The molecule has 1 atom stereocenters. The van der Waals surface area contributed by atoms with Crippen molar-refractivity contribution in [2.45, 2.75) is 30.3 Å². The number of aromatic nitrogens is 1. The molecule has 7 heteroatoms. The van der Waals surface area contributed by atoms with E-state index in [4.69, 9.17) is 0 Å². The van der Waals surface area contributed by atoms with E-state index >= 15 is 0 Å². The summed E-state index contributed by atoms with van der Waals surface area (Å²) in [6.07, 6.45) is 3.85. The van der Waals surface area contributed by atoms with Gasteiger partial charge in [-0.1, -0.05) is 0 Å². The normalized spacial score (nSPS) is 20.6. The van der Waals surface area contributed by atoms with Gasteiger partial charge in [-0.2, -0.15) is 0 Å². The number of sulfonamides is 1. The van der Waals surface area contributed by atoms with E-state index < -0.39 is 10.0 Å². The van der Waals surface area contributed by atoms with Crippen LogP contribution in [0.5, 0.6) is 0 Å². The quantitative estimate of drug-likeness (QED) is 0.783. The molecule has 1 aromatic rings. The van der Waals surface area contributed by atoms with Crippen molar-refractivity contribution in [3.8, 4) is 0 Å². The minimum atomic E-state index is -3.42. The molecule has 1 aliphatic rings. The fourth-order valence-corrected chi connectivity index (χ4v) is 3.77. The van der Waals surface area contributed by atoms with Gasteiger partial charge in [0.1, 0.15) is 0 Å². The van der Waals surface area contributed by atoms with E-state index in [0.29, 0.717) is 24.0 Å². The second-order valence-electron chi connectivity index (χ2n) is 5.44. The van der Waals surface area contributed by atoms with Crippen molar-refractivity contribution in [1.82, 2.24) is 19.5 Å². The van der Waals surface area contributed by atoms with Crippen molar-refractivity contribution in [2.24, 2.45) is 7.05 Å². The zero-order valence-corrected chi connectivity index (χ0v) is 13.2. The first-order valence-electron chi connectivity index (χ1n) is 6.94. The zero-order valence-electron chi connectivity index (χ0n) is 12.4. The van der Waals surface area contributed by atoms with Gasteiger partial charge in [0.2, 0.25) is 10.0 Å². The number of rotatable bonds is 6. The summed E-state index contributed by atoms with van der Waals surface area (Å²) in [5.74, 6) is 0. The van der Waals surface area contributed by atoms with Gasteiger partial charge in [-0.3, -0.25) is 0 Å². The third kappa shape index (κ3) is 3.41. The standard InChI is InChI=1S/C13H24N4O2S/c1-14-8-12-7-13(10-17(12)3)20(18,19)15-9-11-5-4-6-16(11)2/h7,10-11,14-15H,4-6,8-9H2,1-3H3. The second-order valence-corrected chi connectivity index (χ2v) is 7.20. The van der Waals surface area contributed by atoms with E-state index in [1.807, 2.05) is 25.7 Å². The van der Waals surface area contributed by atoms with Crippen molar-refractivity contribution in [1.29, 1.82) is 0 Å². The predicted octanol–water partition coefficient (Wildman–Crippen LogP) is 0.117. The number of nitrogens with one attached hydrogen (secondary N) is 2. The minimum absolute atomic E-state index is 0.310. The highest BCUT2D eigenvalue weighted by atomic mass is 32.2. The molecule has 2 N–H and O–H groups in total. The largest absolute Gasteiger partial charge is 0.352 e. The van der Waals surface area contributed by atoms with Crippen molar-refractivity contribution >= 4 is 10.0 Å². The van der Waals surface area contributed by atoms with Gasteiger partial charge in [0, 0.05) is 38.1 Å². The summed E-state index contributed by atoms with van der Waals surface area (Å²) in [4.78, 5) is 2.55. The fourth-order valence-electron chi connectivity index (χ4n) is 2.61. The molecule has 1 saturated heterocycles. The Hall–Kier alpha value is -0.890. The molecule has 0 aromatic carbocycles. The number of nitrogens with zero attached hydrogens (tertiary/aromatic N) is 2. The lowest BCUT2D eigenvalue weighted by atomic mass is 10.2. The van der Waals surface area contributed by atoms with Crippen LogP contribution >= 0.6 is 0 Å². The van der Waals surface area contributed by atoms with Crippen LogP contribution in [0.4, 0.5) is 0 Å². The maximum Gasteiger partial charge on any atom is 0.242 e. The van der Waals surface area contributed by atoms with Crippen LogP contribution in [0.2, 0.25) is 0 Å². The van der Waals surface area contributed by atoms with E-state index in [1.54, 1.807) is 12.3 Å². The van der Waals surface area contributed by atoms with E-state index in [9.17, 15) is 8.42 Å². The molecule has 1 unspecified atom stereocenters. The molecule has 114 valence electrons. The number of hydrogen-bond donors (Lipinski definition) is 2. The Balaban J connectivity index is 2.04. The molecule has 6 nitrogen and oxygen atoms in total. The van der Waals surface area contributed by atoms with Crippen molar-refractivity contribution in [2.75, 3.05) is 27.2 Å². The van der Waals surface area contributed by atoms with E-state index in [1.165, 1.54) is 0 Å². The van der Waals surface area contributed by atoms with E-state index in [0.717, 1.165) is 25.1 Å². The van der Waals surface area contributed by atoms with Crippen LogP contribution in [0.3, 0.4) is 0 Å². The third-order valence-corrected chi connectivity index (χ3v) is 5.32. The fraction of sp³-hybridized carbons (Fsp3) is 0.692. The monoisotopic (exact) mass is 300 g/mol. The summed E-state index contributed by atoms with van der Waals surface area (Å²) < 4.78 is 29.2. The highest BCUT2D eigenvalue weighted by molar-refractivity contribution is 7.89. The lowest BCUT2D eigenvalue weighted by Gasteiger charge is -2.19. The third-order valence-electron chi connectivity index (χ3n) is 3.93. The van der Waals surface area contributed by atoms with Crippen LogP contribution in [0.1, 0.15) is 18.5 Å². The Morgan fingerprint density at radius 1 is 1.40 bits per heavy atom. The first-order valence-corrected chi connectivity index (χ1v) is 8.42. The van der Waals surface area contributed by atoms with Gasteiger partial charge in [-0.05, 0) is 39.5 Å². The molecule has 1 fully saturated rings. The average Bonchev–Trinajstić information content (AvgIpc) is 2.95. The Labute approximate surface area is 121 Å². The Bertz CT molecular complexity index is 553. The number of likely N-dealkylation sites (tertiary alicyclic amines) is 1. The summed E-state index contributed by atoms with van der Waals surface area (Å²) in [6, 6.07) is 2.03. The van der Waals surface area contributed by atoms with Gasteiger partial charge < -0.3 is 14.8 Å².